The van der Waals surface area contributed by atoms with Gasteiger partial charge in [-0.05, 0) is 54.6 Å². The Hall–Kier alpha value is -5.53. The summed E-state index contributed by atoms with van der Waals surface area (Å²) in [6.07, 6.45) is 0. The number of rotatable bonds is 6. The first-order chi connectivity index (χ1) is 21.9. The van der Waals surface area contributed by atoms with Gasteiger partial charge in [0.15, 0.2) is 15.0 Å². The zero-order chi connectivity index (χ0) is 34.9. The van der Waals surface area contributed by atoms with Gasteiger partial charge in [0.1, 0.15) is 27.4 Å². The number of hydrogen-bond donors (Lipinski definition) is 0. The van der Waals surface area contributed by atoms with E-state index in [4.69, 9.17) is 13.0 Å². The van der Waals surface area contributed by atoms with E-state index in [1.807, 2.05) is 11.6 Å². The van der Waals surface area contributed by atoms with Crippen molar-refractivity contribution in [2.24, 2.45) is 7.05 Å². The molecule has 0 fully saturated rings. The largest absolute Gasteiger partial charge is 0.741 e. The van der Waals surface area contributed by atoms with Gasteiger partial charge in [-0.2, -0.15) is 17.5 Å². The summed E-state index contributed by atoms with van der Waals surface area (Å²) in [6.45, 7) is 0. The van der Waals surface area contributed by atoms with Crippen molar-refractivity contribution < 1.29 is 49.2 Å². The molecule has 0 N–H and O–H groups in total. The van der Waals surface area contributed by atoms with Gasteiger partial charge in [0.25, 0.3) is 21.4 Å². The van der Waals surface area contributed by atoms with Crippen LogP contribution in [0.5, 0.6) is 0 Å². The molecular formula is C28H19F3N4O10S2. The highest BCUT2D eigenvalue weighted by atomic mass is 32.2. The summed E-state index contributed by atoms with van der Waals surface area (Å²) in [7, 11) is -9.22. The number of para-hydroxylation sites is 3. The number of nitrogens with zero attached hydrogens (tertiary/aromatic N) is 4. The monoisotopic (exact) mass is 692 g/mol. The Balaban J connectivity index is 0.000000555. The van der Waals surface area contributed by atoms with Gasteiger partial charge >= 0.3 is 11.4 Å². The number of non-ortho nitro benzene ring substituents is 1. The molecule has 244 valence electrons. The summed E-state index contributed by atoms with van der Waals surface area (Å²) >= 11 is 0. The highest BCUT2D eigenvalue weighted by molar-refractivity contribution is 7.93. The van der Waals surface area contributed by atoms with Crippen LogP contribution in [0.2, 0.25) is 0 Å². The minimum Gasteiger partial charge on any atom is -0.741 e. The SMILES string of the molecule is Cn1c2ccccc2[c+](C(=O)N(c2ccccc2)S(=O)(=O)c2ccc([N+](=O)[O-])cc2[N+](=O)[O-])c2ccccc21.O=S(=O)([O-])C(F)(F)F. The van der Waals surface area contributed by atoms with Gasteiger partial charge in [0.05, 0.1) is 21.6 Å². The summed E-state index contributed by atoms with van der Waals surface area (Å²) in [5.74, 6) is -0.943. The zero-order valence-corrected chi connectivity index (χ0v) is 25.2. The van der Waals surface area contributed by atoms with Crippen LogP contribution in [0.25, 0.3) is 21.8 Å². The Morgan fingerprint density at radius 3 is 1.70 bits per heavy atom. The number of hydrogen-bond acceptors (Lipinski definition) is 10. The number of nitro groups is 2. The van der Waals surface area contributed by atoms with Gasteiger partial charge in [0, 0.05) is 25.2 Å². The van der Waals surface area contributed by atoms with Crippen LogP contribution in [-0.4, -0.2) is 47.2 Å². The van der Waals surface area contributed by atoms with Gasteiger partial charge in [-0.1, -0.05) is 18.2 Å². The molecule has 0 aliphatic heterocycles. The Morgan fingerprint density at radius 1 is 0.787 bits per heavy atom. The number of benzene rings is 4. The number of fused-ring (bicyclic) bond motifs is 2. The van der Waals surface area contributed by atoms with Crippen molar-refractivity contribution in [3.05, 3.63) is 123 Å². The number of amides is 1. The number of aromatic nitrogens is 1. The fraction of sp³-hybridized carbons (Fsp3) is 0.0714. The number of aryl methyl sites for hydroxylation is 1. The highest BCUT2D eigenvalue weighted by Gasteiger charge is 2.40. The molecule has 0 saturated heterocycles. The number of pyridine rings is 1. The summed E-state index contributed by atoms with van der Waals surface area (Å²) in [5.41, 5.74) is -5.99. The van der Waals surface area contributed by atoms with Crippen LogP contribution in [0.3, 0.4) is 0 Å². The predicted octanol–water partition coefficient (Wildman–Crippen LogP) is 5.52. The van der Waals surface area contributed by atoms with E-state index in [-0.39, 0.29) is 11.3 Å². The van der Waals surface area contributed by atoms with Crippen LogP contribution in [0.4, 0.5) is 30.2 Å². The lowest BCUT2D eigenvalue weighted by Crippen LogP contribution is -2.37. The molecule has 0 atom stereocenters. The molecule has 0 aliphatic carbocycles. The van der Waals surface area contributed by atoms with Crippen LogP contribution < -0.4 is 4.31 Å². The van der Waals surface area contributed by atoms with E-state index in [9.17, 15) is 46.6 Å². The molecule has 1 aromatic heterocycles. The topological polar surface area (TPSA) is 203 Å². The maximum atomic E-state index is 14.4. The summed E-state index contributed by atoms with van der Waals surface area (Å²) in [4.78, 5) is 34.7. The second-order valence-electron chi connectivity index (χ2n) is 9.44. The van der Waals surface area contributed by atoms with Crippen LogP contribution in [0, 0.1) is 20.2 Å². The normalized spacial score (nSPS) is 11.9. The summed E-state index contributed by atoms with van der Waals surface area (Å²) in [5, 5.41) is 24.0. The third kappa shape index (κ3) is 6.71. The van der Waals surface area contributed by atoms with Gasteiger partial charge < -0.3 is 4.55 Å². The first-order valence-electron chi connectivity index (χ1n) is 12.8. The molecule has 5 rings (SSSR count). The van der Waals surface area contributed by atoms with E-state index in [0.29, 0.717) is 32.2 Å². The number of halogens is 3. The fourth-order valence-corrected chi connectivity index (χ4v) is 6.11. The molecule has 0 aliphatic rings. The second kappa shape index (κ2) is 12.7. The minimum atomic E-state index is -6.09. The quantitative estimate of drug-likeness (QED) is 0.0545. The first-order valence-corrected chi connectivity index (χ1v) is 15.6. The molecule has 1 heterocycles. The van der Waals surface area contributed by atoms with E-state index in [1.165, 1.54) is 24.3 Å². The maximum absolute atomic E-state index is 14.4. The van der Waals surface area contributed by atoms with E-state index in [2.05, 4.69) is 0 Å². The smallest absolute Gasteiger partial charge is 0.485 e. The number of sulfonamides is 1. The Kier molecular flexibility index (Phi) is 9.28. The van der Waals surface area contributed by atoms with Gasteiger partial charge in [-0.15, -0.1) is 0 Å². The average Bonchev–Trinajstić information content (AvgIpc) is 3.01. The van der Waals surface area contributed by atoms with E-state index in [0.717, 1.165) is 12.1 Å². The standard InChI is InChI=1S/C27H19N4O7S.CHF3O3S/c1-28-22-13-7-5-11-20(22)26(21-12-6-8-14-23(21)28)27(32)29(18-9-3-2-4-10-18)39(37,38)25-16-15-19(30(33)34)17-24(25)31(35)36;2-1(3,4)8(5,6)7/h2-17H,1H3;(H,5,6,7)/q+1;/p-1. The molecule has 0 saturated carbocycles. The number of carbonyl (C=O) groups is 1. The lowest BCUT2D eigenvalue weighted by atomic mass is 10.0. The van der Waals surface area contributed by atoms with Crippen molar-refractivity contribution in [3.8, 4) is 0 Å². The third-order valence-electron chi connectivity index (χ3n) is 6.61. The molecule has 14 nitrogen and oxygen atoms in total. The van der Waals surface area contributed by atoms with Crippen LogP contribution in [0.15, 0.2) is 102 Å². The summed E-state index contributed by atoms with van der Waals surface area (Å²) in [6, 6.07) is 23.6. The second-order valence-corrected chi connectivity index (χ2v) is 12.6. The maximum Gasteiger partial charge on any atom is 0.485 e. The van der Waals surface area contributed by atoms with E-state index < -0.39 is 57.7 Å². The number of alkyl halides is 3. The van der Waals surface area contributed by atoms with Crippen LogP contribution in [0.1, 0.15) is 10.4 Å². The number of nitro benzene ring substituents is 2. The van der Waals surface area contributed by atoms with Gasteiger partial charge in [0.2, 0.25) is 0 Å². The fourth-order valence-electron chi connectivity index (χ4n) is 4.57. The molecule has 0 unspecified atom stereocenters. The highest BCUT2D eigenvalue weighted by Crippen LogP contribution is 2.36. The number of carbonyl (C=O) groups excluding carboxylic acids is 1. The van der Waals surface area contributed by atoms with Crippen molar-refractivity contribution in [1.29, 1.82) is 0 Å². The molecule has 0 bridgehead atoms. The lowest BCUT2D eigenvalue weighted by Gasteiger charge is -2.22. The summed E-state index contributed by atoms with van der Waals surface area (Å²) < 4.78 is 89.5. The molecule has 0 spiro atoms. The zero-order valence-electron chi connectivity index (χ0n) is 23.6. The van der Waals surface area contributed by atoms with Crippen molar-refractivity contribution in [2.75, 3.05) is 4.31 Å². The number of anilines is 1. The van der Waals surface area contributed by atoms with Crippen LogP contribution in [-0.2, 0) is 27.2 Å². The average molecular weight is 693 g/mol. The van der Waals surface area contributed by atoms with Crippen molar-refractivity contribution in [1.82, 2.24) is 4.57 Å². The molecule has 47 heavy (non-hydrogen) atoms. The molecule has 1 amide bonds. The van der Waals surface area contributed by atoms with Gasteiger partial charge in [-0.25, -0.2) is 16.8 Å². The van der Waals surface area contributed by atoms with Crippen molar-refractivity contribution in [2.45, 2.75) is 10.4 Å². The molecule has 19 heteroatoms. The van der Waals surface area contributed by atoms with Gasteiger partial charge in [-0.3, -0.25) is 29.6 Å². The molecule has 0 radical (unpaired) electrons. The van der Waals surface area contributed by atoms with Crippen molar-refractivity contribution in [3.63, 3.8) is 0 Å². The van der Waals surface area contributed by atoms with E-state index >= 15 is 0 Å². The Labute approximate surface area is 263 Å². The minimum absolute atomic E-state index is 0.0588. The lowest BCUT2D eigenvalue weighted by molar-refractivity contribution is -0.396. The molecule has 4 aromatic carbocycles. The first kappa shape index (κ1) is 34.3. The van der Waals surface area contributed by atoms with Crippen LogP contribution >= 0.6 is 0 Å². The third-order valence-corrected chi connectivity index (χ3v) is 8.94. The van der Waals surface area contributed by atoms with E-state index in [1.54, 1.807) is 54.6 Å². The Morgan fingerprint density at radius 2 is 1.26 bits per heavy atom. The molecule has 5 aromatic rings. The predicted molar refractivity (Wildman–Crippen MR) is 161 cm³/mol. The molecular weight excluding hydrogens is 673 g/mol. The Bertz CT molecular complexity index is 2230. The van der Waals surface area contributed by atoms with Crippen molar-refractivity contribution >= 4 is 64.9 Å².